The van der Waals surface area contributed by atoms with Crippen LogP contribution in [0, 0.1) is 11.7 Å². The van der Waals surface area contributed by atoms with Gasteiger partial charge in [0.1, 0.15) is 5.82 Å². The molecule has 3 atom stereocenters. The van der Waals surface area contributed by atoms with Gasteiger partial charge in [-0.15, -0.1) is 0 Å². The fourth-order valence-corrected chi connectivity index (χ4v) is 6.30. The topological polar surface area (TPSA) is 106 Å². The van der Waals surface area contributed by atoms with Gasteiger partial charge in [0.2, 0.25) is 5.91 Å². The number of esters is 1. The van der Waals surface area contributed by atoms with Gasteiger partial charge in [0.25, 0.3) is 0 Å². The molecule has 3 aromatic carbocycles. The molecular weight excluding hydrogens is 589 g/mol. The molecule has 0 aliphatic carbocycles. The van der Waals surface area contributed by atoms with E-state index in [2.05, 4.69) is 0 Å². The molecule has 46 heavy (non-hydrogen) atoms. The first kappa shape index (κ1) is 33.7. The van der Waals surface area contributed by atoms with Gasteiger partial charge in [-0.1, -0.05) is 48.5 Å². The predicted molar refractivity (Wildman–Crippen MR) is 171 cm³/mol. The van der Waals surface area contributed by atoms with Gasteiger partial charge >= 0.3 is 5.97 Å². The quantitative estimate of drug-likeness (QED) is 0.176. The average molecular weight is 634 g/mol. The summed E-state index contributed by atoms with van der Waals surface area (Å²) in [6.07, 6.45) is 2.63. The third kappa shape index (κ3) is 8.01. The molecule has 0 spiro atoms. The van der Waals surface area contributed by atoms with Gasteiger partial charge in [-0.3, -0.25) is 9.59 Å². The molecule has 0 aromatic heterocycles. The smallest absolute Gasteiger partial charge is 0.303 e. The molecule has 3 aromatic rings. The van der Waals surface area contributed by atoms with Crippen LogP contribution in [0.1, 0.15) is 80.9 Å². The molecule has 0 saturated carbocycles. The Morgan fingerprint density at radius 3 is 2.20 bits per heavy atom. The first-order chi connectivity index (χ1) is 22.0. The summed E-state index contributed by atoms with van der Waals surface area (Å²) in [7, 11) is 0. The molecular formula is C37H44FNO7. The summed E-state index contributed by atoms with van der Waals surface area (Å²) in [5, 5.41) is 20.0. The molecule has 2 saturated heterocycles. The highest BCUT2D eigenvalue weighted by Gasteiger charge is 2.48. The maximum absolute atomic E-state index is 13.6. The van der Waals surface area contributed by atoms with Gasteiger partial charge < -0.3 is 29.3 Å². The molecule has 0 bridgehead atoms. The number of benzene rings is 3. The van der Waals surface area contributed by atoms with Crippen molar-refractivity contribution < 1.29 is 38.4 Å². The number of ether oxygens (including phenoxy) is 3. The highest BCUT2D eigenvalue weighted by Crippen LogP contribution is 2.46. The van der Waals surface area contributed by atoms with E-state index in [-0.39, 0.29) is 49.5 Å². The lowest BCUT2D eigenvalue weighted by Crippen LogP contribution is -2.55. The van der Waals surface area contributed by atoms with Crippen LogP contribution in [0.3, 0.4) is 0 Å². The minimum absolute atomic E-state index is 0.00737. The molecule has 5 rings (SSSR count). The van der Waals surface area contributed by atoms with Crippen LogP contribution in [0.25, 0.3) is 0 Å². The van der Waals surface area contributed by atoms with E-state index >= 15 is 0 Å². The minimum Gasteiger partial charge on any atom is -0.454 e. The number of aryl methyl sites for hydroxylation is 2. The molecule has 8 nitrogen and oxygen atoms in total. The fraction of sp³-hybridized carbons (Fsp3) is 0.459. The van der Waals surface area contributed by atoms with E-state index in [1.54, 1.807) is 12.1 Å². The number of carbonyl (C=O) groups excluding carboxylic acids is 2. The van der Waals surface area contributed by atoms with Gasteiger partial charge in [-0.05, 0) is 98.9 Å². The molecule has 2 aliphatic rings. The predicted octanol–water partition coefficient (Wildman–Crippen LogP) is 5.99. The summed E-state index contributed by atoms with van der Waals surface area (Å²) in [5.74, 6) is -1.82. The van der Waals surface area contributed by atoms with Crippen LogP contribution in [0.4, 0.5) is 10.1 Å². The largest absolute Gasteiger partial charge is 0.454 e. The summed E-state index contributed by atoms with van der Waals surface area (Å²) in [5.41, 5.74) is 3.67. The van der Waals surface area contributed by atoms with E-state index in [0.29, 0.717) is 37.7 Å². The molecule has 0 radical (unpaired) electrons. The SMILES string of the molecule is CC(=O)OC1(CCc2ccc([C@@H]3[C@@H](CCC(O)c4ccc(F)cc4)C(=O)N3c3ccc(CCCO)cc3)cc2)COC(C)(C)OC1. The zero-order valence-electron chi connectivity index (χ0n) is 26.8. The summed E-state index contributed by atoms with van der Waals surface area (Å²) >= 11 is 0. The van der Waals surface area contributed by atoms with Crippen molar-refractivity contribution in [1.29, 1.82) is 0 Å². The van der Waals surface area contributed by atoms with Gasteiger partial charge in [0, 0.05) is 19.2 Å². The minimum atomic E-state index is -0.864. The number of rotatable bonds is 13. The third-order valence-electron chi connectivity index (χ3n) is 8.97. The number of β-lactam (4-membered cyclic amide) rings is 1. The van der Waals surface area contributed by atoms with Crippen LogP contribution >= 0.6 is 0 Å². The lowest BCUT2D eigenvalue weighted by molar-refractivity contribution is -0.305. The molecule has 1 unspecified atom stereocenters. The lowest BCUT2D eigenvalue weighted by Gasteiger charge is -2.48. The standard InChI is InChI=1S/C37H44FNO7/c1-25(41)46-37(23-44-36(2,3)45-24-37)21-20-27-6-10-29(11-7-27)34-32(18-19-33(42)28-12-14-30(38)15-13-28)35(43)39(34)31-16-8-26(9-17-31)5-4-22-40/h6-17,32-34,40,42H,4-5,18-24H2,1-3H3/t32-,33?,34-/m1/s1. The normalized spacial score (nSPS) is 21.0. The Hall–Kier alpha value is -3.63. The first-order valence-corrected chi connectivity index (χ1v) is 16.0. The Morgan fingerprint density at radius 1 is 0.978 bits per heavy atom. The van der Waals surface area contributed by atoms with Crippen LogP contribution in [-0.2, 0) is 36.6 Å². The molecule has 2 heterocycles. The molecule has 1 amide bonds. The van der Waals surface area contributed by atoms with Crippen molar-refractivity contribution in [2.24, 2.45) is 5.92 Å². The van der Waals surface area contributed by atoms with Crippen LogP contribution in [0.15, 0.2) is 72.8 Å². The van der Waals surface area contributed by atoms with Gasteiger partial charge in [0.15, 0.2) is 11.4 Å². The van der Waals surface area contributed by atoms with Crippen LogP contribution in [0.5, 0.6) is 0 Å². The van der Waals surface area contributed by atoms with Crippen LogP contribution < -0.4 is 4.90 Å². The zero-order valence-corrected chi connectivity index (χ0v) is 26.8. The lowest BCUT2D eigenvalue weighted by atomic mass is 9.78. The monoisotopic (exact) mass is 633 g/mol. The number of hydrogen-bond acceptors (Lipinski definition) is 7. The highest BCUT2D eigenvalue weighted by atomic mass is 19.1. The highest BCUT2D eigenvalue weighted by molar-refractivity contribution is 6.03. The number of nitrogens with zero attached hydrogens (tertiary/aromatic N) is 1. The Balaban J connectivity index is 1.32. The zero-order chi connectivity index (χ0) is 32.9. The van der Waals surface area contributed by atoms with Crippen molar-refractivity contribution in [1.82, 2.24) is 0 Å². The second-order valence-corrected chi connectivity index (χ2v) is 12.9. The van der Waals surface area contributed by atoms with E-state index in [9.17, 15) is 24.2 Å². The summed E-state index contributed by atoms with van der Waals surface area (Å²) < 4.78 is 30.8. The van der Waals surface area contributed by atoms with Crippen molar-refractivity contribution in [2.75, 3.05) is 24.7 Å². The van der Waals surface area contributed by atoms with E-state index in [4.69, 9.17) is 14.2 Å². The van der Waals surface area contributed by atoms with Crippen molar-refractivity contribution in [3.63, 3.8) is 0 Å². The summed E-state index contributed by atoms with van der Waals surface area (Å²) in [6.45, 7) is 5.68. The second kappa shape index (κ2) is 14.4. The second-order valence-electron chi connectivity index (χ2n) is 12.9. The Bertz CT molecular complexity index is 1460. The number of hydrogen-bond donors (Lipinski definition) is 2. The van der Waals surface area contributed by atoms with E-state index in [1.807, 2.05) is 67.3 Å². The maximum atomic E-state index is 13.6. The fourth-order valence-electron chi connectivity index (χ4n) is 6.30. The number of aliphatic hydroxyl groups is 2. The van der Waals surface area contributed by atoms with Crippen molar-refractivity contribution in [3.05, 3.63) is 101 Å². The Labute approximate surface area is 270 Å². The Kier molecular flexibility index (Phi) is 10.6. The van der Waals surface area contributed by atoms with E-state index in [0.717, 1.165) is 28.8 Å². The summed E-state index contributed by atoms with van der Waals surface area (Å²) in [4.78, 5) is 27.3. The first-order valence-electron chi connectivity index (χ1n) is 16.0. The van der Waals surface area contributed by atoms with Gasteiger partial charge in [-0.2, -0.15) is 0 Å². The molecule has 2 fully saturated rings. The number of carbonyl (C=O) groups is 2. The molecule has 2 aliphatic heterocycles. The average Bonchev–Trinajstić information content (AvgIpc) is 3.04. The van der Waals surface area contributed by atoms with Crippen molar-refractivity contribution in [3.8, 4) is 0 Å². The van der Waals surface area contributed by atoms with Gasteiger partial charge in [0.05, 0.1) is 31.3 Å². The molecule has 9 heteroatoms. The Morgan fingerprint density at radius 2 is 1.59 bits per heavy atom. The van der Waals surface area contributed by atoms with E-state index in [1.165, 1.54) is 19.1 Å². The van der Waals surface area contributed by atoms with E-state index < -0.39 is 17.5 Å². The van der Waals surface area contributed by atoms with Gasteiger partial charge in [-0.25, -0.2) is 4.39 Å². The molecule has 246 valence electrons. The molecule has 2 N–H and O–H groups in total. The summed E-state index contributed by atoms with van der Waals surface area (Å²) in [6, 6.07) is 21.6. The van der Waals surface area contributed by atoms with Crippen molar-refractivity contribution >= 4 is 17.6 Å². The van der Waals surface area contributed by atoms with Crippen molar-refractivity contribution in [2.45, 2.75) is 82.8 Å². The number of aliphatic hydroxyl groups excluding tert-OH is 2. The third-order valence-corrected chi connectivity index (χ3v) is 8.97. The van der Waals surface area contributed by atoms with Crippen LogP contribution in [-0.4, -0.2) is 53.3 Å². The number of amides is 1. The maximum Gasteiger partial charge on any atom is 0.303 e. The number of anilines is 1. The number of halogens is 1. The van der Waals surface area contributed by atoms with Crippen LogP contribution in [0.2, 0.25) is 0 Å².